The molecule has 0 aromatic heterocycles. The number of imide groups is 2. The van der Waals surface area contributed by atoms with Gasteiger partial charge in [-0.1, -0.05) is 12.1 Å². The molecule has 9 nitrogen and oxygen atoms in total. The van der Waals surface area contributed by atoms with Crippen molar-refractivity contribution >= 4 is 23.6 Å². The van der Waals surface area contributed by atoms with E-state index in [1.165, 1.54) is 0 Å². The Bertz CT molecular complexity index is 931. The molecular formula is C21H24N4O5. The lowest BCUT2D eigenvalue weighted by Gasteiger charge is -2.47. The number of rotatable bonds is 4. The molecule has 3 fully saturated rings. The highest BCUT2D eigenvalue weighted by Gasteiger charge is 2.45. The minimum Gasteiger partial charge on any atom is -0.371 e. The molecule has 0 radical (unpaired) electrons. The van der Waals surface area contributed by atoms with Crippen molar-refractivity contribution in [3.8, 4) is 0 Å². The van der Waals surface area contributed by atoms with Gasteiger partial charge in [-0.25, -0.2) is 0 Å². The van der Waals surface area contributed by atoms with Gasteiger partial charge < -0.3 is 15.4 Å². The van der Waals surface area contributed by atoms with Gasteiger partial charge in [0.1, 0.15) is 6.04 Å². The third-order valence-corrected chi connectivity index (χ3v) is 6.57. The van der Waals surface area contributed by atoms with Gasteiger partial charge in [0, 0.05) is 32.1 Å². The van der Waals surface area contributed by atoms with Gasteiger partial charge >= 0.3 is 0 Å². The van der Waals surface area contributed by atoms with Crippen molar-refractivity contribution in [3.05, 3.63) is 34.9 Å². The van der Waals surface area contributed by atoms with Crippen LogP contribution in [0.15, 0.2) is 18.2 Å². The van der Waals surface area contributed by atoms with Gasteiger partial charge in [0.25, 0.3) is 11.8 Å². The molecule has 158 valence electrons. The largest absolute Gasteiger partial charge is 0.371 e. The molecule has 0 bridgehead atoms. The first-order valence-corrected chi connectivity index (χ1v) is 10.4. The Kier molecular flexibility index (Phi) is 4.68. The number of hydrogen-bond acceptors (Lipinski definition) is 7. The Balaban J connectivity index is 1.30. The fourth-order valence-corrected chi connectivity index (χ4v) is 4.70. The normalized spacial score (nSPS) is 27.8. The standard InChI is InChI=1S/C21H24N4O5/c26-16-5-4-15(18(27)24-16)25-19(28)14-3-1-2-12(17(14)20(25)29)8-23-13-6-7-21(30-9-13)10-22-11-21/h1-3,13,15,22-23H,4-11H2,(H,24,26,27). The maximum absolute atomic E-state index is 13.1. The molecule has 1 aromatic rings. The first-order chi connectivity index (χ1) is 14.5. The third kappa shape index (κ3) is 3.13. The van der Waals surface area contributed by atoms with Crippen LogP contribution in [0.25, 0.3) is 0 Å². The number of piperidine rings is 1. The van der Waals surface area contributed by atoms with Crippen LogP contribution in [0.2, 0.25) is 0 Å². The van der Waals surface area contributed by atoms with Gasteiger partial charge in [-0.3, -0.25) is 29.4 Å². The molecule has 4 amide bonds. The Morgan fingerprint density at radius 2 is 1.97 bits per heavy atom. The van der Waals surface area contributed by atoms with Gasteiger partial charge in [-0.05, 0) is 30.9 Å². The van der Waals surface area contributed by atoms with Gasteiger partial charge in [0.15, 0.2) is 0 Å². The minimum atomic E-state index is -0.949. The first-order valence-electron chi connectivity index (χ1n) is 10.4. The number of fused-ring (bicyclic) bond motifs is 1. The molecule has 1 aromatic carbocycles. The fourth-order valence-electron chi connectivity index (χ4n) is 4.70. The number of benzene rings is 1. The topological polar surface area (TPSA) is 117 Å². The molecule has 2 atom stereocenters. The van der Waals surface area contributed by atoms with Crippen LogP contribution in [0, 0.1) is 0 Å². The summed E-state index contributed by atoms with van der Waals surface area (Å²) >= 11 is 0. The average molecular weight is 412 g/mol. The van der Waals surface area contributed by atoms with E-state index in [1.807, 2.05) is 6.07 Å². The third-order valence-electron chi connectivity index (χ3n) is 6.57. The van der Waals surface area contributed by atoms with E-state index < -0.39 is 23.8 Å². The lowest BCUT2D eigenvalue weighted by atomic mass is 9.87. The SMILES string of the molecule is O=C1CCC(N2C(=O)c3cccc(CNC4CCC5(CNC5)OC4)c3C2=O)C(=O)N1. The van der Waals surface area contributed by atoms with Crippen molar-refractivity contribution in [1.29, 1.82) is 0 Å². The number of nitrogens with one attached hydrogen (secondary N) is 3. The summed E-state index contributed by atoms with van der Waals surface area (Å²) < 4.78 is 6.02. The zero-order valence-electron chi connectivity index (χ0n) is 16.5. The van der Waals surface area contributed by atoms with E-state index in [-0.39, 0.29) is 30.4 Å². The Hall–Kier alpha value is -2.62. The van der Waals surface area contributed by atoms with Crippen LogP contribution >= 0.6 is 0 Å². The fraction of sp³-hybridized carbons (Fsp3) is 0.524. The molecular weight excluding hydrogens is 388 g/mol. The highest BCUT2D eigenvalue weighted by atomic mass is 16.5. The van der Waals surface area contributed by atoms with Crippen LogP contribution in [0.5, 0.6) is 0 Å². The summed E-state index contributed by atoms with van der Waals surface area (Å²) in [4.78, 5) is 50.7. The van der Waals surface area contributed by atoms with Crippen LogP contribution in [0.3, 0.4) is 0 Å². The van der Waals surface area contributed by atoms with Crippen LogP contribution in [0.4, 0.5) is 0 Å². The Morgan fingerprint density at radius 3 is 2.63 bits per heavy atom. The van der Waals surface area contributed by atoms with Crippen molar-refractivity contribution in [3.63, 3.8) is 0 Å². The predicted molar refractivity (Wildman–Crippen MR) is 105 cm³/mol. The summed E-state index contributed by atoms with van der Waals surface area (Å²) in [6.07, 6.45) is 2.24. The quantitative estimate of drug-likeness (QED) is 0.581. The van der Waals surface area contributed by atoms with Crippen molar-refractivity contribution in [2.45, 2.75) is 49.9 Å². The van der Waals surface area contributed by atoms with Crippen LogP contribution in [-0.4, -0.2) is 65.9 Å². The molecule has 4 aliphatic rings. The van der Waals surface area contributed by atoms with Crippen molar-refractivity contribution in [1.82, 2.24) is 20.9 Å². The molecule has 2 unspecified atom stereocenters. The molecule has 4 heterocycles. The van der Waals surface area contributed by atoms with Gasteiger partial charge in [-0.2, -0.15) is 0 Å². The van der Waals surface area contributed by atoms with E-state index in [1.54, 1.807) is 12.1 Å². The monoisotopic (exact) mass is 412 g/mol. The lowest BCUT2D eigenvalue weighted by molar-refractivity contribution is -0.136. The summed E-state index contributed by atoms with van der Waals surface area (Å²) in [6, 6.07) is 4.43. The molecule has 0 saturated carbocycles. The molecule has 0 aliphatic carbocycles. The number of amides is 4. The highest BCUT2D eigenvalue weighted by Crippen LogP contribution is 2.31. The molecule has 5 rings (SSSR count). The molecule has 9 heteroatoms. The Labute approximate surface area is 173 Å². The highest BCUT2D eigenvalue weighted by molar-refractivity contribution is 6.24. The lowest BCUT2D eigenvalue weighted by Crippen LogP contribution is -2.64. The number of ether oxygens (including phenoxy) is 1. The van der Waals surface area contributed by atoms with Crippen LogP contribution in [0.1, 0.15) is 52.0 Å². The van der Waals surface area contributed by atoms with Crippen LogP contribution < -0.4 is 16.0 Å². The molecule has 1 spiro atoms. The first kappa shape index (κ1) is 19.3. The number of carbonyl (C=O) groups excluding carboxylic acids is 4. The summed E-state index contributed by atoms with van der Waals surface area (Å²) in [5.41, 5.74) is 1.38. The van der Waals surface area contributed by atoms with Crippen LogP contribution in [-0.2, 0) is 20.9 Å². The number of carbonyl (C=O) groups is 4. The maximum Gasteiger partial charge on any atom is 0.262 e. The molecule has 3 N–H and O–H groups in total. The summed E-state index contributed by atoms with van der Waals surface area (Å²) in [7, 11) is 0. The summed E-state index contributed by atoms with van der Waals surface area (Å²) in [6.45, 7) is 2.86. The van der Waals surface area contributed by atoms with E-state index in [9.17, 15) is 19.2 Å². The maximum atomic E-state index is 13.1. The smallest absolute Gasteiger partial charge is 0.262 e. The van der Waals surface area contributed by atoms with Gasteiger partial charge in [-0.15, -0.1) is 0 Å². The van der Waals surface area contributed by atoms with Crippen molar-refractivity contribution < 1.29 is 23.9 Å². The zero-order valence-corrected chi connectivity index (χ0v) is 16.5. The average Bonchev–Trinajstić information content (AvgIpc) is 2.97. The Morgan fingerprint density at radius 1 is 1.13 bits per heavy atom. The molecule has 4 aliphatic heterocycles. The van der Waals surface area contributed by atoms with E-state index >= 15 is 0 Å². The molecule has 30 heavy (non-hydrogen) atoms. The second-order valence-corrected chi connectivity index (χ2v) is 8.50. The number of hydrogen-bond donors (Lipinski definition) is 3. The minimum absolute atomic E-state index is 0.00296. The van der Waals surface area contributed by atoms with Gasteiger partial charge in [0.2, 0.25) is 11.8 Å². The second-order valence-electron chi connectivity index (χ2n) is 8.50. The van der Waals surface area contributed by atoms with E-state index in [4.69, 9.17) is 4.74 Å². The van der Waals surface area contributed by atoms with Gasteiger partial charge in [0.05, 0.1) is 23.3 Å². The summed E-state index contributed by atoms with van der Waals surface area (Å²) in [5.74, 6) is -1.93. The predicted octanol–water partition coefficient (Wildman–Crippen LogP) is -0.302. The van der Waals surface area contributed by atoms with E-state index in [0.29, 0.717) is 24.3 Å². The van der Waals surface area contributed by atoms with E-state index in [2.05, 4.69) is 16.0 Å². The zero-order chi connectivity index (χ0) is 20.9. The van der Waals surface area contributed by atoms with Crippen molar-refractivity contribution in [2.24, 2.45) is 0 Å². The van der Waals surface area contributed by atoms with E-state index in [0.717, 1.165) is 36.4 Å². The second kappa shape index (κ2) is 7.26. The van der Waals surface area contributed by atoms with Crippen molar-refractivity contribution in [2.75, 3.05) is 19.7 Å². The number of nitrogens with zero attached hydrogens (tertiary/aromatic N) is 1. The molecule has 3 saturated heterocycles. The summed E-state index contributed by atoms with van der Waals surface area (Å²) in [5, 5.41) is 8.92.